The topological polar surface area (TPSA) is 68.0 Å². The zero-order valence-corrected chi connectivity index (χ0v) is 8.94. The number of amides is 1. The molecule has 4 nitrogen and oxygen atoms in total. The molecule has 82 valence electrons. The lowest BCUT2D eigenvalue weighted by molar-refractivity contribution is -0.119. The number of carbonyl (C=O) groups is 1. The Morgan fingerprint density at radius 1 is 1.53 bits per heavy atom. The molecular weight excluding hydrogens is 190 g/mol. The number of aromatic nitrogens is 1. The van der Waals surface area contributed by atoms with E-state index in [2.05, 4.69) is 10.3 Å². The number of hydrogen-bond donors (Lipinski definition) is 2. The fourth-order valence-electron chi connectivity index (χ4n) is 1.26. The van der Waals surface area contributed by atoms with Gasteiger partial charge in [-0.25, -0.2) is 0 Å². The van der Waals surface area contributed by atoms with Gasteiger partial charge in [-0.15, -0.1) is 0 Å². The van der Waals surface area contributed by atoms with Crippen molar-refractivity contribution in [3.8, 4) is 0 Å². The Morgan fingerprint density at radius 2 is 2.20 bits per heavy atom. The third-order valence-electron chi connectivity index (χ3n) is 2.24. The summed E-state index contributed by atoms with van der Waals surface area (Å²) in [6, 6.07) is 3.54. The van der Waals surface area contributed by atoms with Crippen molar-refractivity contribution in [2.24, 2.45) is 11.7 Å². The van der Waals surface area contributed by atoms with Crippen LogP contribution in [-0.2, 0) is 4.79 Å². The molecule has 1 amide bonds. The molecule has 0 aliphatic heterocycles. The van der Waals surface area contributed by atoms with Crippen LogP contribution < -0.4 is 11.1 Å². The van der Waals surface area contributed by atoms with Gasteiger partial charge >= 0.3 is 0 Å². The van der Waals surface area contributed by atoms with Crippen LogP contribution >= 0.6 is 0 Å². The van der Waals surface area contributed by atoms with Gasteiger partial charge in [0.15, 0.2) is 0 Å². The molecule has 0 saturated carbocycles. The molecule has 1 aromatic rings. The molecule has 4 heteroatoms. The van der Waals surface area contributed by atoms with Gasteiger partial charge in [-0.05, 0) is 31.5 Å². The molecule has 0 aliphatic carbocycles. The van der Waals surface area contributed by atoms with Crippen molar-refractivity contribution in [3.63, 3.8) is 0 Å². The average molecular weight is 207 g/mol. The van der Waals surface area contributed by atoms with Gasteiger partial charge in [0.1, 0.15) is 0 Å². The molecule has 0 spiro atoms. The average Bonchev–Trinajstić information content (AvgIpc) is 2.27. The Morgan fingerprint density at radius 3 is 2.80 bits per heavy atom. The Bertz CT molecular complexity index is 300. The minimum Gasteiger partial charge on any atom is -0.330 e. The summed E-state index contributed by atoms with van der Waals surface area (Å²) in [4.78, 5) is 15.5. The maximum atomic E-state index is 11.6. The molecule has 1 rings (SSSR count). The van der Waals surface area contributed by atoms with Crippen molar-refractivity contribution in [3.05, 3.63) is 24.5 Å². The first-order valence-corrected chi connectivity index (χ1v) is 5.15. The van der Waals surface area contributed by atoms with Gasteiger partial charge in [0.2, 0.25) is 5.91 Å². The van der Waals surface area contributed by atoms with Crippen molar-refractivity contribution >= 4 is 11.6 Å². The monoisotopic (exact) mass is 207 g/mol. The predicted molar refractivity (Wildman–Crippen MR) is 60.3 cm³/mol. The smallest absolute Gasteiger partial charge is 0.227 e. The number of hydrogen-bond acceptors (Lipinski definition) is 3. The summed E-state index contributed by atoms with van der Waals surface area (Å²) in [6.45, 7) is 2.54. The summed E-state index contributed by atoms with van der Waals surface area (Å²) in [5, 5.41) is 2.83. The summed E-state index contributed by atoms with van der Waals surface area (Å²) in [7, 11) is 0. The maximum Gasteiger partial charge on any atom is 0.227 e. The SMILES string of the molecule is CC(CCCN)C(=O)Nc1ccncc1. The lowest BCUT2D eigenvalue weighted by atomic mass is 10.0. The molecule has 0 bridgehead atoms. The van der Waals surface area contributed by atoms with Gasteiger partial charge in [-0.3, -0.25) is 9.78 Å². The molecule has 1 atom stereocenters. The lowest BCUT2D eigenvalue weighted by Crippen LogP contribution is -2.21. The van der Waals surface area contributed by atoms with Crippen LogP contribution in [0.2, 0.25) is 0 Å². The quantitative estimate of drug-likeness (QED) is 0.766. The highest BCUT2D eigenvalue weighted by Gasteiger charge is 2.11. The first-order chi connectivity index (χ1) is 7.24. The van der Waals surface area contributed by atoms with E-state index in [9.17, 15) is 4.79 Å². The third kappa shape index (κ3) is 4.08. The van der Waals surface area contributed by atoms with E-state index in [-0.39, 0.29) is 11.8 Å². The molecular formula is C11H17N3O. The van der Waals surface area contributed by atoms with Crippen LogP contribution in [-0.4, -0.2) is 17.4 Å². The zero-order chi connectivity index (χ0) is 11.1. The first-order valence-electron chi connectivity index (χ1n) is 5.15. The Hall–Kier alpha value is -1.42. The van der Waals surface area contributed by atoms with Crippen molar-refractivity contribution in [1.29, 1.82) is 0 Å². The summed E-state index contributed by atoms with van der Waals surface area (Å²) in [5.74, 6) is 0.0383. The fourth-order valence-corrected chi connectivity index (χ4v) is 1.26. The van der Waals surface area contributed by atoms with Crippen LogP contribution in [0.1, 0.15) is 19.8 Å². The predicted octanol–water partition coefficient (Wildman–Crippen LogP) is 1.40. The first kappa shape index (κ1) is 11.7. The highest BCUT2D eigenvalue weighted by molar-refractivity contribution is 5.92. The van der Waals surface area contributed by atoms with E-state index in [1.54, 1.807) is 24.5 Å². The van der Waals surface area contributed by atoms with E-state index in [4.69, 9.17) is 5.73 Å². The van der Waals surface area contributed by atoms with Crippen LogP contribution in [0.25, 0.3) is 0 Å². The van der Waals surface area contributed by atoms with Crippen LogP contribution in [0.5, 0.6) is 0 Å². The second-order valence-electron chi connectivity index (χ2n) is 3.56. The van der Waals surface area contributed by atoms with E-state index in [0.717, 1.165) is 18.5 Å². The highest BCUT2D eigenvalue weighted by atomic mass is 16.1. The molecule has 1 aromatic heterocycles. The number of anilines is 1. The van der Waals surface area contributed by atoms with Crippen LogP contribution in [0, 0.1) is 5.92 Å². The molecule has 0 aliphatic rings. The Labute approximate surface area is 89.9 Å². The normalized spacial score (nSPS) is 12.1. The largest absolute Gasteiger partial charge is 0.330 e. The third-order valence-corrected chi connectivity index (χ3v) is 2.24. The van der Waals surface area contributed by atoms with Crippen LogP contribution in [0.3, 0.4) is 0 Å². The minimum atomic E-state index is 0.00159. The van der Waals surface area contributed by atoms with Crippen molar-refractivity contribution in [2.45, 2.75) is 19.8 Å². The maximum absolute atomic E-state index is 11.6. The van der Waals surface area contributed by atoms with Crippen LogP contribution in [0.15, 0.2) is 24.5 Å². The summed E-state index contributed by atoms with van der Waals surface area (Å²) >= 11 is 0. The standard InChI is InChI=1S/C11H17N3O/c1-9(3-2-6-12)11(15)14-10-4-7-13-8-5-10/h4-5,7-9H,2-3,6,12H2,1H3,(H,13,14,15). The van der Waals surface area contributed by atoms with Gasteiger partial charge < -0.3 is 11.1 Å². The van der Waals surface area contributed by atoms with Crippen molar-refractivity contribution in [2.75, 3.05) is 11.9 Å². The zero-order valence-electron chi connectivity index (χ0n) is 8.94. The molecule has 15 heavy (non-hydrogen) atoms. The molecule has 3 N–H and O–H groups in total. The fraction of sp³-hybridized carbons (Fsp3) is 0.455. The van der Waals surface area contributed by atoms with Gasteiger partial charge in [0, 0.05) is 24.0 Å². The molecule has 1 heterocycles. The summed E-state index contributed by atoms with van der Waals surface area (Å²) in [5.41, 5.74) is 6.18. The molecule has 0 radical (unpaired) electrons. The van der Waals surface area contributed by atoms with E-state index in [0.29, 0.717) is 6.54 Å². The van der Waals surface area contributed by atoms with Crippen molar-refractivity contribution in [1.82, 2.24) is 4.98 Å². The number of nitrogens with two attached hydrogens (primary N) is 1. The minimum absolute atomic E-state index is 0.00159. The van der Waals surface area contributed by atoms with E-state index in [1.807, 2.05) is 6.92 Å². The molecule has 1 unspecified atom stereocenters. The van der Waals surface area contributed by atoms with Gasteiger partial charge in [-0.1, -0.05) is 6.92 Å². The number of pyridine rings is 1. The lowest BCUT2D eigenvalue weighted by Gasteiger charge is -2.11. The summed E-state index contributed by atoms with van der Waals surface area (Å²) in [6.07, 6.45) is 5.01. The highest BCUT2D eigenvalue weighted by Crippen LogP contribution is 2.10. The Balaban J connectivity index is 2.42. The van der Waals surface area contributed by atoms with Crippen LogP contribution in [0.4, 0.5) is 5.69 Å². The summed E-state index contributed by atoms with van der Waals surface area (Å²) < 4.78 is 0. The number of nitrogens with zero attached hydrogens (tertiary/aromatic N) is 1. The molecule has 0 saturated heterocycles. The second-order valence-corrected chi connectivity index (χ2v) is 3.56. The number of nitrogens with one attached hydrogen (secondary N) is 1. The molecule has 0 fully saturated rings. The molecule has 0 aromatic carbocycles. The number of carbonyl (C=O) groups excluding carboxylic acids is 1. The van der Waals surface area contributed by atoms with E-state index in [1.165, 1.54) is 0 Å². The second kappa shape index (κ2) is 6.14. The van der Waals surface area contributed by atoms with Gasteiger partial charge in [0.05, 0.1) is 0 Å². The number of rotatable bonds is 5. The van der Waals surface area contributed by atoms with Gasteiger partial charge in [-0.2, -0.15) is 0 Å². The Kier molecular flexibility index (Phi) is 4.77. The van der Waals surface area contributed by atoms with E-state index >= 15 is 0 Å². The van der Waals surface area contributed by atoms with Crippen molar-refractivity contribution < 1.29 is 4.79 Å². The van der Waals surface area contributed by atoms with Gasteiger partial charge in [0.25, 0.3) is 0 Å². The van der Waals surface area contributed by atoms with E-state index < -0.39 is 0 Å².